The second-order valence-corrected chi connectivity index (χ2v) is 4.61. The van der Waals surface area contributed by atoms with Gasteiger partial charge in [0.2, 0.25) is 0 Å². The highest BCUT2D eigenvalue weighted by Gasteiger charge is 2.35. The van der Waals surface area contributed by atoms with E-state index in [1.165, 1.54) is 12.1 Å². The lowest BCUT2D eigenvalue weighted by atomic mass is 9.94. The lowest BCUT2D eigenvalue weighted by Crippen LogP contribution is -2.45. The standard InChI is InChI=1S/C13H13FN4O/c1-8-12(16-17-15-8)13(19)18-7-6-11(18)9-2-4-10(14)5-3-9/h2-5,11H,6-7H2,1H3,(H,15,16,17). The number of aromatic amines is 1. The van der Waals surface area contributed by atoms with Crippen LogP contribution in [0.5, 0.6) is 0 Å². The van der Waals surface area contributed by atoms with Crippen LogP contribution in [0.3, 0.4) is 0 Å². The summed E-state index contributed by atoms with van der Waals surface area (Å²) in [7, 11) is 0. The van der Waals surface area contributed by atoms with Crippen LogP contribution in [0.25, 0.3) is 0 Å². The quantitative estimate of drug-likeness (QED) is 0.896. The van der Waals surface area contributed by atoms with Crippen molar-refractivity contribution < 1.29 is 9.18 Å². The molecule has 1 amide bonds. The van der Waals surface area contributed by atoms with Gasteiger partial charge in [-0.3, -0.25) is 4.79 Å². The van der Waals surface area contributed by atoms with Crippen LogP contribution in [0.2, 0.25) is 0 Å². The average Bonchev–Trinajstić information content (AvgIpc) is 2.77. The number of nitrogens with one attached hydrogen (secondary N) is 1. The molecule has 1 aliphatic rings. The van der Waals surface area contributed by atoms with E-state index in [-0.39, 0.29) is 17.8 Å². The van der Waals surface area contributed by atoms with Crippen molar-refractivity contribution in [2.45, 2.75) is 19.4 Å². The van der Waals surface area contributed by atoms with Gasteiger partial charge in [0.15, 0.2) is 5.69 Å². The number of benzene rings is 1. The molecule has 1 atom stereocenters. The summed E-state index contributed by atoms with van der Waals surface area (Å²) in [6.07, 6.45) is 0.883. The first-order valence-electron chi connectivity index (χ1n) is 6.10. The number of aromatic nitrogens is 3. The molecule has 6 heteroatoms. The molecule has 1 saturated heterocycles. The van der Waals surface area contributed by atoms with Crippen LogP contribution in [-0.2, 0) is 0 Å². The molecule has 0 saturated carbocycles. The summed E-state index contributed by atoms with van der Waals surface area (Å²) in [4.78, 5) is 14.0. The Labute approximate surface area is 109 Å². The normalized spacial score (nSPS) is 18.2. The Bertz CT molecular complexity index is 607. The van der Waals surface area contributed by atoms with Gasteiger partial charge in [-0.15, -0.1) is 0 Å². The number of H-pyrrole nitrogens is 1. The zero-order valence-corrected chi connectivity index (χ0v) is 10.4. The SMILES string of the molecule is Cc1n[nH]nc1C(=O)N1CCC1c1ccc(F)cc1. The van der Waals surface area contributed by atoms with Crippen LogP contribution >= 0.6 is 0 Å². The highest BCUT2D eigenvalue weighted by atomic mass is 19.1. The predicted molar refractivity (Wildman–Crippen MR) is 65.9 cm³/mol. The smallest absolute Gasteiger partial charge is 0.276 e. The molecule has 5 nitrogen and oxygen atoms in total. The van der Waals surface area contributed by atoms with Gasteiger partial charge in [0.1, 0.15) is 5.82 Å². The van der Waals surface area contributed by atoms with Gasteiger partial charge in [0, 0.05) is 6.54 Å². The van der Waals surface area contributed by atoms with E-state index in [1.807, 2.05) is 0 Å². The van der Waals surface area contributed by atoms with Gasteiger partial charge in [-0.2, -0.15) is 15.4 Å². The molecule has 0 radical (unpaired) electrons. The number of nitrogens with zero attached hydrogens (tertiary/aromatic N) is 3. The number of halogens is 1. The van der Waals surface area contributed by atoms with Crippen molar-refractivity contribution in [3.05, 3.63) is 47.0 Å². The maximum Gasteiger partial charge on any atom is 0.276 e. The van der Waals surface area contributed by atoms with Gasteiger partial charge < -0.3 is 4.90 Å². The number of aryl methyl sites for hydroxylation is 1. The van der Waals surface area contributed by atoms with Gasteiger partial charge >= 0.3 is 0 Å². The molecule has 98 valence electrons. The Balaban J connectivity index is 1.81. The van der Waals surface area contributed by atoms with Crippen LogP contribution in [-0.4, -0.2) is 32.8 Å². The molecule has 1 unspecified atom stereocenters. The number of amides is 1. The predicted octanol–water partition coefficient (Wildman–Crippen LogP) is 1.84. The van der Waals surface area contributed by atoms with E-state index in [9.17, 15) is 9.18 Å². The maximum atomic E-state index is 12.9. The van der Waals surface area contributed by atoms with E-state index in [0.717, 1.165) is 12.0 Å². The van der Waals surface area contributed by atoms with Crippen LogP contribution in [0.4, 0.5) is 4.39 Å². The van der Waals surface area contributed by atoms with Crippen molar-refractivity contribution in [1.82, 2.24) is 20.3 Å². The average molecular weight is 260 g/mol. The van der Waals surface area contributed by atoms with Crippen LogP contribution in [0.1, 0.15) is 34.2 Å². The van der Waals surface area contributed by atoms with E-state index in [2.05, 4.69) is 15.4 Å². The molecular formula is C13H13FN4O. The summed E-state index contributed by atoms with van der Waals surface area (Å²) in [5.74, 6) is -0.403. The van der Waals surface area contributed by atoms with Crippen molar-refractivity contribution in [3.8, 4) is 0 Å². The van der Waals surface area contributed by atoms with E-state index in [1.54, 1.807) is 24.0 Å². The fourth-order valence-electron chi connectivity index (χ4n) is 2.28. The third-order valence-electron chi connectivity index (χ3n) is 3.46. The minimum atomic E-state index is -0.270. The van der Waals surface area contributed by atoms with Gasteiger partial charge in [-0.1, -0.05) is 12.1 Å². The Kier molecular flexibility index (Phi) is 2.77. The summed E-state index contributed by atoms with van der Waals surface area (Å²) in [5.41, 5.74) is 1.89. The highest BCUT2D eigenvalue weighted by molar-refractivity contribution is 5.94. The van der Waals surface area contributed by atoms with Crippen LogP contribution in [0, 0.1) is 12.7 Å². The second-order valence-electron chi connectivity index (χ2n) is 4.61. The van der Waals surface area contributed by atoms with E-state index >= 15 is 0 Å². The number of hydrogen-bond donors (Lipinski definition) is 1. The molecular weight excluding hydrogens is 247 g/mol. The first-order chi connectivity index (χ1) is 9.16. The third-order valence-corrected chi connectivity index (χ3v) is 3.46. The monoisotopic (exact) mass is 260 g/mol. The Hall–Kier alpha value is -2.24. The molecule has 1 aliphatic heterocycles. The molecule has 1 aromatic heterocycles. The molecule has 0 bridgehead atoms. The summed E-state index contributed by atoms with van der Waals surface area (Å²) in [6.45, 7) is 2.43. The second kappa shape index (κ2) is 4.46. The van der Waals surface area contributed by atoms with Gasteiger partial charge in [-0.25, -0.2) is 4.39 Å². The molecule has 1 N–H and O–H groups in total. The number of carbonyl (C=O) groups is 1. The van der Waals surface area contributed by atoms with Gasteiger partial charge in [0.05, 0.1) is 11.7 Å². The summed E-state index contributed by atoms with van der Waals surface area (Å²) < 4.78 is 12.9. The molecule has 19 heavy (non-hydrogen) atoms. The molecule has 3 rings (SSSR count). The Morgan fingerprint density at radius 1 is 1.37 bits per heavy atom. The largest absolute Gasteiger partial charge is 0.330 e. The summed E-state index contributed by atoms with van der Waals surface area (Å²) in [5, 5.41) is 10.2. The molecule has 0 aliphatic carbocycles. The maximum absolute atomic E-state index is 12.9. The van der Waals surface area contributed by atoms with Crippen molar-refractivity contribution in [2.24, 2.45) is 0 Å². The van der Waals surface area contributed by atoms with Crippen molar-refractivity contribution in [2.75, 3.05) is 6.54 Å². The Morgan fingerprint density at radius 2 is 2.11 bits per heavy atom. The topological polar surface area (TPSA) is 61.9 Å². The molecule has 0 spiro atoms. The molecule has 2 aromatic rings. The van der Waals surface area contributed by atoms with Crippen LogP contribution < -0.4 is 0 Å². The highest BCUT2D eigenvalue weighted by Crippen LogP contribution is 2.34. The Morgan fingerprint density at radius 3 is 2.63 bits per heavy atom. The van der Waals surface area contributed by atoms with Gasteiger partial charge in [-0.05, 0) is 31.0 Å². The van der Waals surface area contributed by atoms with E-state index < -0.39 is 0 Å². The van der Waals surface area contributed by atoms with Crippen molar-refractivity contribution in [3.63, 3.8) is 0 Å². The van der Waals surface area contributed by atoms with Gasteiger partial charge in [0.25, 0.3) is 5.91 Å². The lowest BCUT2D eigenvalue weighted by Gasteiger charge is -2.41. The minimum Gasteiger partial charge on any atom is -0.330 e. The molecule has 1 fully saturated rings. The van der Waals surface area contributed by atoms with Crippen molar-refractivity contribution in [1.29, 1.82) is 0 Å². The first kappa shape index (κ1) is 11.8. The molecule has 1 aromatic carbocycles. The van der Waals surface area contributed by atoms with Crippen LogP contribution in [0.15, 0.2) is 24.3 Å². The summed E-state index contributed by atoms with van der Waals surface area (Å²) in [6, 6.07) is 6.27. The lowest BCUT2D eigenvalue weighted by molar-refractivity contribution is 0.0453. The third kappa shape index (κ3) is 1.99. The summed E-state index contributed by atoms with van der Waals surface area (Å²) >= 11 is 0. The van der Waals surface area contributed by atoms with E-state index in [0.29, 0.717) is 17.9 Å². The number of rotatable bonds is 2. The van der Waals surface area contributed by atoms with E-state index in [4.69, 9.17) is 0 Å². The number of likely N-dealkylation sites (tertiary alicyclic amines) is 1. The zero-order chi connectivity index (χ0) is 13.4. The number of carbonyl (C=O) groups excluding carboxylic acids is 1. The zero-order valence-electron chi connectivity index (χ0n) is 10.4. The minimum absolute atomic E-state index is 0.00389. The molecule has 2 heterocycles. The van der Waals surface area contributed by atoms with Crippen molar-refractivity contribution >= 4 is 5.91 Å². The number of hydrogen-bond acceptors (Lipinski definition) is 3. The fourth-order valence-corrected chi connectivity index (χ4v) is 2.28. The first-order valence-corrected chi connectivity index (χ1v) is 6.10. The fraction of sp³-hybridized carbons (Fsp3) is 0.308.